The lowest BCUT2D eigenvalue weighted by Crippen LogP contribution is -2.24. The summed E-state index contributed by atoms with van der Waals surface area (Å²) in [6, 6.07) is 7.50. The second kappa shape index (κ2) is 7.17. The second-order valence-electron chi connectivity index (χ2n) is 3.84. The third kappa shape index (κ3) is 4.96. The predicted molar refractivity (Wildman–Crippen MR) is 82.0 cm³/mol. The minimum absolute atomic E-state index is 0.00856. The topological polar surface area (TPSA) is 12.0 Å². The van der Waals surface area contributed by atoms with Crippen LogP contribution in [0.3, 0.4) is 0 Å². The number of thiophene rings is 2. The summed E-state index contributed by atoms with van der Waals surface area (Å²) in [7, 11) is 0. The van der Waals surface area contributed by atoms with Crippen molar-refractivity contribution in [3.05, 3.63) is 43.7 Å². The molecular weight excluding hydrogens is 347 g/mol. The highest BCUT2D eigenvalue weighted by atomic mass is 35.5. The van der Waals surface area contributed by atoms with Crippen LogP contribution in [0.1, 0.15) is 15.8 Å². The standard InChI is InChI=1S/C12H11ClF3NS3/c13-10-4-3-9(20-10)11(8-2-1-6-18-8)17-5-7-19-12(14,15)16/h1-4,6,11,17H,5,7H2. The highest BCUT2D eigenvalue weighted by molar-refractivity contribution is 8.00. The Kier molecular flexibility index (Phi) is 5.80. The molecule has 0 saturated carbocycles. The van der Waals surface area contributed by atoms with Gasteiger partial charge in [0.05, 0.1) is 10.4 Å². The van der Waals surface area contributed by atoms with Gasteiger partial charge in [0.25, 0.3) is 0 Å². The molecule has 8 heteroatoms. The number of alkyl halides is 3. The zero-order valence-corrected chi connectivity index (χ0v) is 13.3. The lowest BCUT2D eigenvalue weighted by molar-refractivity contribution is -0.0327. The first-order valence-electron chi connectivity index (χ1n) is 5.68. The van der Waals surface area contributed by atoms with E-state index in [1.54, 1.807) is 17.4 Å². The molecule has 0 amide bonds. The minimum atomic E-state index is -4.17. The van der Waals surface area contributed by atoms with Gasteiger partial charge in [0.2, 0.25) is 0 Å². The molecule has 1 atom stereocenters. The molecule has 20 heavy (non-hydrogen) atoms. The zero-order chi connectivity index (χ0) is 14.6. The number of halogens is 4. The van der Waals surface area contributed by atoms with E-state index in [0.717, 1.165) is 9.75 Å². The number of nitrogens with one attached hydrogen (secondary N) is 1. The van der Waals surface area contributed by atoms with Crippen LogP contribution in [0, 0.1) is 0 Å². The number of hydrogen-bond acceptors (Lipinski definition) is 4. The average molecular weight is 358 g/mol. The van der Waals surface area contributed by atoms with Crippen molar-refractivity contribution in [3.8, 4) is 0 Å². The summed E-state index contributed by atoms with van der Waals surface area (Å²) >= 11 is 8.93. The highest BCUT2D eigenvalue weighted by Crippen LogP contribution is 2.33. The largest absolute Gasteiger partial charge is 0.441 e. The molecule has 1 N–H and O–H groups in total. The number of rotatable bonds is 6. The van der Waals surface area contributed by atoms with Crippen LogP contribution in [0.2, 0.25) is 4.34 Å². The monoisotopic (exact) mass is 357 g/mol. The molecule has 0 fully saturated rings. The summed E-state index contributed by atoms with van der Waals surface area (Å²) in [5.74, 6) is -0.00944. The fraction of sp³-hybridized carbons (Fsp3) is 0.333. The quantitative estimate of drug-likeness (QED) is 0.695. The van der Waals surface area contributed by atoms with Crippen LogP contribution in [0.25, 0.3) is 0 Å². The number of hydrogen-bond donors (Lipinski definition) is 1. The zero-order valence-electron chi connectivity index (χ0n) is 10.1. The summed E-state index contributed by atoms with van der Waals surface area (Å²) in [5.41, 5.74) is -4.17. The molecule has 0 aliphatic rings. The van der Waals surface area contributed by atoms with Crippen LogP contribution in [0.4, 0.5) is 13.2 Å². The van der Waals surface area contributed by atoms with Crippen LogP contribution >= 0.6 is 46.0 Å². The van der Waals surface area contributed by atoms with E-state index in [2.05, 4.69) is 5.32 Å². The molecule has 0 aliphatic carbocycles. The first-order chi connectivity index (χ1) is 9.46. The summed E-state index contributed by atoms with van der Waals surface area (Å²) in [5, 5.41) is 5.11. The molecule has 0 aromatic carbocycles. The van der Waals surface area contributed by atoms with Gasteiger partial charge in [0.15, 0.2) is 0 Å². The predicted octanol–water partition coefficient (Wildman–Crippen LogP) is 5.40. The van der Waals surface area contributed by atoms with E-state index in [-0.39, 0.29) is 30.1 Å². The van der Waals surface area contributed by atoms with Crippen molar-refractivity contribution < 1.29 is 13.2 Å². The summed E-state index contributed by atoms with van der Waals surface area (Å²) in [6.07, 6.45) is 0. The average Bonchev–Trinajstić information content (AvgIpc) is 2.99. The Hall–Kier alpha value is -0.210. The van der Waals surface area contributed by atoms with Gasteiger partial charge in [0.1, 0.15) is 0 Å². The molecule has 2 aromatic heterocycles. The van der Waals surface area contributed by atoms with E-state index in [9.17, 15) is 13.2 Å². The van der Waals surface area contributed by atoms with E-state index in [0.29, 0.717) is 4.34 Å². The van der Waals surface area contributed by atoms with Crippen LogP contribution in [-0.2, 0) is 0 Å². The second-order valence-corrected chi connectivity index (χ2v) is 7.72. The molecular formula is C12H11ClF3NS3. The van der Waals surface area contributed by atoms with E-state index in [1.165, 1.54) is 11.3 Å². The Bertz CT molecular complexity index is 524. The Morgan fingerprint density at radius 1 is 1.25 bits per heavy atom. The molecule has 0 saturated heterocycles. The summed E-state index contributed by atoms with van der Waals surface area (Å²) in [4.78, 5) is 2.08. The maximum Gasteiger partial charge on any atom is 0.441 e. The van der Waals surface area contributed by atoms with Crippen molar-refractivity contribution in [2.75, 3.05) is 12.3 Å². The maximum atomic E-state index is 12.1. The van der Waals surface area contributed by atoms with Gasteiger partial charge in [-0.05, 0) is 35.3 Å². The van der Waals surface area contributed by atoms with Gasteiger partial charge >= 0.3 is 5.51 Å². The number of thioether (sulfide) groups is 1. The lowest BCUT2D eigenvalue weighted by atomic mass is 10.2. The van der Waals surface area contributed by atoms with E-state index >= 15 is 0 Å². The molecule has 2 rings (SSSR count). The van der Waals surface area contributed by atoms with Crippen LogP contribution in [0.5, 0.6) is 0 Å². The third-order valence-electron chi connectivity index (χ3n) is 2.42. The Morgan fingerprint density at radius 2 is 2.05 bits per heavy atom. The van der Waals surface area contributed by atoms with Crippen LogP contribution in [0.15, 0.2) is 29.6 Å². The Balaban J connectivity index is 1.98. The Labute approximate surface area is 132 Å². The van der Waals surface area contributed by atoms with E-state index in [4.69, 9.17) is 11.6 Å². The molecule has 0 radical (unpaired) electrons. The fourth-order valence-electron chi connectivity index (χ4n) is 1.65. The minimum Gasteiger partial charge on any atom is -0.304 e. The van der Waals surface area contributed by atoms with Crippen molar-refractivity contribution in [2.24, 2.45) is 0 Å². The highest BCUT2D eigenvalue weighted by Gasteiger charge is 2.27. The normalized spacial score (nSPS) is 13.6. The molecule has 0 aliphatic heterocycles. The van der Waals surface area contributed by atoms with Gasteiger partial charge < -0.3 is 5.32 Å². The first kappa shape index (κ1) is 16.2. The van der Waals surface area contributed by atoms with Crippen LogP contribution < -0.4 is 5.32 Å². The molecule has 1 nitrogen and oxygen atoms in total. The molecule has 1 unspecified atom stereocenters. The van der Waals surface area contributed by atoms with Crippen molar-refractivity contribution in [1.29, 1.82) is 0 Å². The van der Waals surface area contributed by atoms with Gasteiger partial charge in [-0.25, -0.2) is 0 Å². The van der Waals surface area contributed by atoms with Gasteiger partial charge in [-0.3, -0.25) is 0 Å². The third-order valence-corrected chi connectivity index (χ3v) is 5.39. The van der Waals surface area contributed by atoms with Crippen molar-refractivity contribution >= 4 is 46.0 Å². The van der Waals surface area contributed by atoms with E-state index in [1.807, 2.05) is 23.6 Å². The van der Waals surface area contributed by atoms with Gasteiger partial charge in [-0.2, -0.15) is 13.2 Å². The van der Waals surface area contributed by atoms with Crippen molar-refractivity contribution in [1.82, 2.24) is 5.32 Å². The Morgan fingerprint density at radius 3 is 2.60 bits per heavy atom. The molecule has 0 spiro atoms. The van der Waals surface area contributed by atoms with Gasteiger partial charge in [0, 0.05) is 22.1 Å². The van der Waals surface area contributed by atoms with Gasteiger partial charge in [-0.15, -0.1) is 22.7 Å². The van der Waals surface area contributed by atoms with Crippen molar-refractivity contribution in [2.45, 2.75) is 11.6 Å². The fourth-order valence-corrected chi connectivity index (χ4v) is 4.15. The SMILES string of the molecule is FC(F)(F)SCCNC(c1cccs1)c1ccc(Cl)s1. The molecule has 0 bridgehead atoms. The first-order valence-corrected chi connectivity index (χ1v) is 8.74. The van der Waals surface area contributed by atoms with Gasteiger partial charge in [-0.1, -0.05) is 17.7 Å². The smallest absolute Gasteiger partial charge is 0.304 e. The maximum absolute atomic E-state index is 12.1. The van der Waals surface area contributed by atoms with Crippen molar-refractivity contribution in [3.63, 3.8) is 0 Å². The van der Waals surface area contributed by atoms with E-state index < -0.39 is 5.51 Å². The molecule has 110 valence electrons. The summed E-state index contributed by atoms with van der Waals surface area (Å²) in [6.45, 7) is 0.280. The summed E-state index contributed by atoms with van der Waals surface area (Å²) < 4.78 is 37.0. The molecule has 2 aromatic rings. The molecule has 2 heterocycles. The van der Waals surface area contributed by atoms with Crippen LogP contribution in [-0.4, -0.2) is 17.8 Å². The lowest BCUT2D eigenvalue weighted by Gasteiger charge is -2.16.